The van der Waals surface area contributed by atoms with Crippen LogP contribution in [0, 0.1) is 19.8 Å². The van der Waals surface area contributed by atoms with Gasteiger partial charge in [0.05, 0.1) is 6.04 Å². The highest BCUT2D eigenvalue weighted by molar-refractivity contribution is 5.95. The van der Waals surface area contributed by atoms with Crippen molar-refractivity contribution < 1.29 is 9.90 Å². The standard InChI is InChI=1S/C17H20N2O2/c1-10-4-5-11(2)14(8-10)16-15(17(20)21)9-19(18-16)12(3)13-6-7-13/h4-5,8-9,12-13H,6-7H2,1-3H3,(H,20,21). The molecule has 0 saturated heterocycles. The van der Waals surface area contributed by atoms with E-state index in [0.717, 1.165) is 16.7 Å². The first kappa shape index (κ1) is 13.9. The quantitative estimate of drug-likeness (QED) is 0.928. The van der Waals surface area contributed by atoms with Crippen molar-refractivity contribution in [1.82, 2.24) is 9.78 Å². The van der Waals surface area contributed by atoms with Crippen LogP contribution < -0.4 is 0 Å². The SMILES string of the molecule is Cc1ccc(C)c(-c2nn(C(C)C3CC3)cc2C(=O)O)c1. The van der Waals surface area contributed by atoms with Gasteiger partial charge in [-0.25, -0.2) is 4.79 Å². The zero-order valence-electron chi connectivity index (χ0n) is 12.6. The van der Waals surface area contributed by atoms with E-state index >= 15 is 0 Å². The van der Waals surface area contributed by atoms with Crippen LogP contribution in [-0.2, 0) is 0 Å². The summed E-state index contributed by atoms with van der Waals surface area (Å²) in [5.74, 6) is -0.279. The van der Waals surface area contributed by atoms with Crippen molar-refractivity contribution in [2.75, 3.05) is 0 Å². The number of carbonyl (C=O) groups is 1. The minimum Gasteiger partial charge on any atom is -0.478 e. The molecule has 1 atom stereocenters. The molecule has 0 amide bonds. The van der Waals surface area contributed by atoms with E-state index in [1.54, 1.807) is 6.20 Å². The number of hydrogen-bond donors (Lipinski definition) is 1. The van der Waals surface area contributed by atoms with Gasteiger partial charge in [-0.3, -0.25) is 4.68 Å². The van der Waals surface area contributed by atoms with Crippen LogP contribution >= 0.6 is 0 Å². The molecule has 0 spiro atoms. The van der Waals surface area contributed by atoms with E-state index in [4.69, 9.17) is 0 Å². The Bertz CT molecular complexity index is 699. The van der Waals surface area contributed by atoms with Gasteiger partial charge in [-0.05, 0) is 51.2 Å². The number of benzene rings is 1. The molecule has 4 nitrogen and oxygen atoms in total. The number of aromatic nitrogens is 2. The second-order valence-electron chi connectivity index (χ2n) is 6.07. The van der Waals surface area contributed by atoms with Crippen LogP contribution in [0.3, 0.4) is 0 Å². The molecule has 1 aliphatic carbocycles. The van der Waals surface area contributed by atoms with Crippen LogP contribution in [0.25, 0.3) is 11.3 Å². The molecule has 1 heterocycles. The fraction of sp³-hybridized carbons (Fsp3) is 0.412. The maximum Gasteiger partial charge on any atom is 0.339 e. The molecular weight excluding hydrogens is 264 g/mol. The molecule has 21 heavy (non-hydrogen) atoms. The van der Waals surface area contributed by atoms with Gasteiger partial charge >= 0.3 is 5.97 Å². The van der Waals surface area contributed by atoms with E-state index in [2.05, 4.69) is 12.0 Å². The summed E-state index contributed by atoms with van der Waals surface area (Å²) in [4.78, 5) is 11.6. The highest BCUT2D eigenvalue weighted by Gasteiger charge is 2.31. The van der Waals surface area contributed by atoms with Gasteiger partial charge in [0.2, 0.25) is 0 Å². The fourth-order valence-corrected chi connectivity index (χ4v) is 2.74. The summed E-state index contributed by atoms with van der Waals surface area (Å²) in [6.07, 6.45) is 4.10. The molecule has 0 aliphatic heterocycles. The maximum atomic E-state index is 11.6. The number of nitrogens with zero attached hydrogens (tertiary/aromatic N) is 2. The Kier molecular flexibility index (Phi) is 3.32. The summed E-state index contributed by atoms with van der Waals surface area (Å²) >= 11 is 0. The molecule has 1 unspecified atom stereocenters. The Morgan fingerprint density at radius 1 is 1.38 bits per heavy atom. The lowest BCUT2D eigenvalue weighted by Gasteiger charge is -2.10. The van der Waals surface area contributed by atoms with E-state index in [0.29, 0.717) is 11.6 Å². The zero-order valence-corrected chi connectivity index (χ0v) is 12.6. The summed E-state index contributed by atoms with van der Waals surface area (Å²) < 4.78 is 1.83. The lowest BCUT2D eigenvalue weighted by Crippen LogP contribution is -2.07. The smallest absolute Gasteiger partial charge is 0.339 e. The number of aromatic carboxylic acids is 1. The lowest BCUT2D eigenvalue weighted by molar-refractivity contribution is 0.0697. The number of hydrogen-bond acceptors (Lipinski definition) is 2. The molecule has 0 bridgehead atoms. The van der Waals surface area contributed by atoms with Crippen LogP contribution in [0.4, 0.5) is 0 Å². The van der Waals surface area contributed by atoms with Gasteiger partial charge in [0, 0.05) is 11.8 Å². The van der Waals surface area contributed by atoms with Crippen molar-refractivity contribution in [2.24, 2.45) is 5.92 Å². The lowest BCUT2D eigenvalue weighted by atomic mass is 10.0. The normalized spacial score (nSPS) is 16.0. The number of carboxylic acids is 1. The topological polar surface area (TPSA) is 55.1 Å². The van der Waals surface area contributed by atoms with Crippen LogP contribution in [0.2, 0.25) is 0 Å². The monoisotopic (exact) mass is 284 g/mol. The van der Waals surface area contributed by atoms with Crippen LogP contribution in [-0.4, -0.2) is 20.9 Å². The maximum absolute atomic E-state index is 11.6. The summed E-state index contributed by atoms with van der Waals surface area (Å²) in [6, 6.07) is 6.32. The molecule has 3 rings (SSSR count). The number of aryl methyl sites for hydroxylation is 2. The highest BCUT2D eigenvalue weighted by atomic mass is 16.4. The predicted octanol–water partition coefficient (Wildman–Crippen LogP) is 3.84. The summed E-state index contributed by atoms with van der Waals surface area (Å²) in [5, 5.41) is 14.1. The van der Waals surface area contributed by atoms with E-state index in [1.165, 1.54) is 12.8 Å². The molecule has 1 fully saturated rings. The third kappa shape index (κ3) is 2.58. The van der Waals surface area contributed by atoms with Crippen molar-refractivity contribution in [3.63, 3.8) is 0 Å². The zero-order chi connectivity index (χ0) is 15.1. The molecule has 2 aromatic rings. The Balaban J connectivity index is 2.11. The number of rotatable bonds is 4. The molecule has 1 aromatic heterocycles. The van der Waals surface area contributed by atoms with Gasteiger partial charge in [-0.15, -0.1) is 0 Å². The van der Waals surface area contributed by atoms with Crippen molar-refractivity contribution in [3.05, 3.63) is 41.1 Å². The van der Waals surface area contributed by atoms with Crippen LogP contribution in [0.5, 0.6) is 0 Å². The van der Waals surface area contributed by atoms with E-state index in [-0.39, 0.29) is 11.6 Å². The molecular formula is C17H20N2O2. The van der Waals surface area contributed by atoms with E-state index < -0.39 is 5.97 Å². The van der Waals surface area contributed by atoms with Gasteiger partial charge in [-0.2, -0.15) is 5.10 Å². The Hall–Kier alpha value is -2.10. The Labute approximate surface area is 124 Å². The van der Waals surface area contributed by atoms with Gasteiger partial charge < -0.3 is 5.11 Å². The van der Waals surface area contributed by atoms with Crippen LogP contribution in [0.15, 0.2) is 24.4 Å². The molecule has 1 aliphatic rings. The molecule has 1 aromatic carbocycles. The van der Waals surface area contributed by atoms with Gasteiger partial charge in [0.1, 0.15) is 11.3 Å². The van der Waals surface area contributed by atoms with Gasteiger partial charge in [0.25, 0.3) is 0 Å². The first-order chi connectivity index (χ1) is 9.97. The molecule has 110 valence electrons. The van der Waals surface area contributed by atoms with Crippen molar-refractivity contribution in [2.45, 2.75) is 39.7 Å². The first-order valence-corrected chi connectivity index (χ1v) is 7.37. The first-order valence-electron chi connectivity index (χ1n) is 7.37. The predicted molar refractivity (Wildman–Crippen MR) is 81.5 cm³/mol. The van der Waals surface area contributed by atoms with Crippen molar-refractivity contribution in [3.8, 4) is 11.3 Å². The molecule has 4 heteroatoms. The minimum absolute atomic E-state index is 0.266. The molecule has 0 radical (unpaired) electrons. The van der Waals surface area contributed by atoms with E-state index in [9.17, 15) is 9.90 Å². The molecule has 1 saturated carbocycles. The highest BCUT2D eigenvalue weighted by Crippen LogP contribution is 2.40. The minimum atomic E-state index is -0.917. The van der Waals surface area contributed by atoms with Crippen molar-refractivity contribution >= 4 is 5.97 Å². The second kappa shape index (κ2) is 5.02. The average Bonchev–Trinajstić information content (AvgIpc) is 3.19. The largest absolute Gasteiger partial charge is 0.478 e. The number of carboxylic acid groups (broad SMARTS) is 1. The second-order valence-corrected chi connectivity index (χ2v) is 6.07. The average molecular weight is 284 g/mol. The van der Waals surface area contributed by atoms with E-state index in [1.807, 2.05) is 36.7 Å². The third-order valence-electron chi connectivity index (χ3n) is 4.33. The summed E-state index contributed by atoms with van der Waals surface area (Å²) in [5.41, 5.74) is 3.94. The van der Waals surface area contributed by atoms with Crippen LogP contribution in [0.1, 0.15) is 47.3 Å². The van der Waals surface area contributed by atoms with Gasteiger partial charge in [0.15, 0.2) is 0 Å². The Morgan fingerprint density at radius 2 is 2.10 bits per heavy atom. The third-order valence-corrected chi connectivity index (χ3v) is 4.33. The summed E-state index contributed by atoms with van der Waals surface area (Å²) in [7, 11) is 0. The molecule has 1 N–H and O–H groups in total. The fourth-order valence-electron chi connectivity index (χ4n) is 2.74. The summed E-state index contributed by atoms with van der Waals surface area (Å²) in [6.45, 7) is 6.11. The Morgan fingerprint density at radius 3 is 2.71 bits per heavy atom. The van der Waals surface area contributed by atoms with Gasteiger partial charge in [-0.1, -0.05) is 17.7 Å². The van der Waals surface area contributed by atoms with Crippen molar-refractivity contribution in [1.29, 1.82) is 0 Å².